The minimum Gasteiger partial charge on any atom is -0.260 e. The largest absolute Gasteiger partial charge is 0.260 e. The van der Waals surface area contributed by atoms with Gasteiger partial charge < -0.3 is 0 Å². The topological polar surface area (TPSA) is 12.4 Å². The molecule has 66 valence electrons. The van der Waals surface area contributed by atoms with Crippen molar-refractivity contribution >= 4 is 18.8 Å². The van der Waals surface area contributed by atoms with Crippen molar-refractivity contribution in [2.75, 3.05) is 0 Å². The zero-order valence-electron chi connectivity index (χ0n) is 7.89. The molecule has 0 atom stereocenters. The van der Waals surface area contributed by atoms with Crippen LogP contribution in [0.1, 0.15) is 20.8 Å². The summed E-state index contributed by atoms with van der Waals surface area (Å²) in [5.74, 6) is 0. The summed E-state index contributed by atoms with van der Waals surface area (Å²) < 4.78 is 0. The average Bonchev–Trinajstić information content (AvgIpc) is 1.98. The summed E-state index contributed by atoms with van der Waals surface area (Å²) in [4.78, 5) is 4.97. The highest BCUT2D eigenvalue weighted by atomic mass is 32.1. The van der Waals surface area contributed by atoms with Crippen LogP contribution in [-0.2, 0) is 0 Å². The number of hydrogen-bond donors (Lipinski definition) is 1. The molecule has 0 aromatic carbocycles. The maximum atomic E-state index is 4.30. The SMILES string of the molecule is C=C(C)/C(S)=C(/N=CC)C(=C)C. The predicted octanol–water partition coefficient (Wildman–Crippen LogP) is 3.37. The molecule has 0 rings (SSSR count). The van der Waals surface area contributed by atoms with Gasteiger partial charge in [-0.25, -0.2) is 0 Å². The summed E-state index contributed by atoms with van der Waals surface area (Å²) in [6.07, 6.45) is 1.73. The van der Waals surface area contributed by atoms with Crippen LogP contribution in [0, 0.1) is 0 Å². The van der Waals surface area contributed by atoms with Crippen LogP contribution < -0.4 is 0 Å². The molecule has 0 spiro atoms. The van der Waals surface area contributed by atoms with Gasteiger partial charge in [-0.2, -0.15) is 0 Å². The molecule has 0 heterocycles. The number of nitrogens with zero attached hydrogens (tertiary/aromatic N) is 1. The highest BCUT2D eigenvalue weighted by Crippen LogP contribution is 2.22. The maximum absolute atomic E-state index is 4.30. The molecule has 0 saturated heterocycles. The van der Waals surface area contributed by atoms with Gasteiger partial charge >= 0.3 is 0 Å². The minimum atomic E-state index is 0.806. The second-order valence-electron chi connectivity index (χ2n) is 2.65. The van der Waals surface area contributed by atoms with E-state index in [1.807, 2.05) is 20.8 Å². The Morgan fingerprint density at radius 3 is 2.00 bits per heavy atom. The minimum absolute atomic E-state index is 0.806. The molecule has 1 nitrogen and oxygen atoms in total. The van der Waals surface area contributed by atoms with Crippen LogP contribution in [0.4, 0.5) is 0 Å². The summed E-state index contributed by atoms with van der Waals surface area (Å²) in [7, 11) is 0. The molecule has 0 aliphatic rings. The van der Waals surface area contributed by atoms with Crippen molar-refractivity contribution in [1.29, 1.82) is 0 Å². The maximum Gasteiger partial charge on any atom is 0.0784 e. The molecule has 0 aromatic heterocycles. The Kier molecular flexibility index (Phi) is 4.67. The van der Waals surface area contributed by atoms with Gasteiger partial charge in [0.05, 0.1) is 5.70 Å². The molecule has 0 amide bonds. The van der Waals surface area contributed by atoms with E-state index in [4.69, 9.17) is 0 Å². The zero-order chi connectivity index (χ0) is 9.72. The molecule has 0 aromatic rings. The molecular formula is C10H15NS. The van der Waals surface area contributed by atoms with Crippen molar-refractivity contribution in [3.8, 4) is 0 Å². The fourth-order valence-corrected chi connectivity index (χ4v) is 0.953. The highest BCUT2D eigenvalue weighted by Gasteiger charge is 2.02. The van der Waals surface area contributed by atoms with E-state index in [1.54, 1.807) is 6.21 Å². The van der Waals surface area contributed by atoms with Gasteiger partial charge in [0, 0.05) is 11.1 Å². The van der Waals surface area contributed by atoms with E-state index >= 15 is 0 Å². The zero-order valence-corrected chi connectivity index (χ0v) is 8.78. The predicted molar refractivity (Wildman–Crippen MR) is 59.8 cm³/mol. The molecule has 0 N–H and O–H groups in total. The summed E-state index contributed by atoms with van der Waals surface area (Å²) in [6.45, 7) is 13.3. The lowest BCUT2D eigenvalue weighted by Gasteiger charge is -2.05. The molecule has 12 heavy (non-hydrogen) atoms. The van der Waals surface area contributed by atoms with Gasteiger partial charge in [-0.15, -0.1) is 12.6 Å². The van der Waals surface area contributed by atoms with Gasteiger partial charge in [-0.3, -0.25) is 4.99 Å². The van der Waals surface area contributed by atoms with E-state index in [0.717, 1.165) is 21.7 Å². The van der Waals surface area contributed by atoms with E-state index in [1.165, 1.54) is 0 Å². The molecule has 0 bridgehead atoms. The number of allylic oxidation sites excluding steroid dienone is 2. The van der Waals surface area contributed by atoms with E-state index < -0.39 is 0 Å². The number of aliphatic imine (C=N–C) groups is 1. The highest BCUT2D eigenvalue weighted by molar-refractivity contribution is 7.84. The van der Waals surface area contributed by atoms with Crippen LogP contribution in [-0.4, -0.2) is 6.21 Å². The molecule has 0 unspecified atom stereocenters. The van der Waals surface area contributed by atoms with Crippen molar-refractivity contribution in [2.24, 2.45) is 4.99 Å². The molecule has 0 aliphatic carbocycles. The summed E-state index contributed by atoms with van der Waals surface area (Å²) in [5.41, 5.74) is 2.62. The smallest absolute Gasteiger partial charge is 0.0784 e. The monoisotopic (exact) mass is 181 g/mol. The summed E-state index contributed by atoms with van der Waals surface area (Å²) in [6, 6.07) is 0. The first-order valence-electron chi connectivity index (χ1n) is 3.74. The lowest BCUT2D eigenvalue weighted by Crippen LogP contribution is -1.86. The van der Waals surface area contributed by atoms with Gasteiger partial charge in [0.1, 0.15) is 0 Å². The van der Waals surface area contributed by atoms with Gasteiger partial charge in [-0.1, -0.05) is 13.2 Å². The van der Waals surface area contributed by atoms with Crippen molar-refractivity contribution < 1.29 is 0 Å². The normalized spacial score (nSPS) is 13.0. The van der Waals surface area contributed by atoms with Gasteiger partial charge in [0.2, 0.25) is 0 Å². The van der Waals surface area contributed by atoms with Gasteiger partial charge in [-0.05, 0) is 31.9 Å². The molecule has 2 heteroatoms. The fourth-order valence-electron chi connectivity index (χ4n) is 0.705. The summed E-state index contributed by atoms with van der Waals surface area (Å²) >= 11 is 4.30. The van der Waals surface area contributed by atoms with Gasteiger partial charge in [0.25, 0.3) is 0 Å². The standard InChI is InChI=1S/C10H15NS/c1-6-11-9(7(2)3)10(12)8(4)5/h6,12H,2,4H2,1,3,5H3/b10-9-,11-6?. The van der Waals surface area contributed by atoms with E-state index in [-0.39, 0.29) is 0 Å². The lowest BCUT2D eigenvalue weighted by molar-refractivity contribution is 1.27. The van der Waals surface area contributed by atoms with Crippen LogP contribution in [0.2, 0.25) is 0 Å². The Labute approximate surface area is 80.0 Å². The summed E-state index contributed by atoms with van der Waals surface area (Å²) in [5, 5.41) is 0. The lowest BCUT2D eigenvalue weighted by atomic mass is 10.2. The molecule has 0 saturated carbocycles. The number of thiol groups is 1. The molecule has 0 radical (unpaired) electrons. The first-order chi connectivity index (χ1) is 5.50. The molecule has 0 aliphatic heterocycles. The molecule has 0 fully saturated rings. The number of rotatable bonds is 3. The fraction of sp³-hybridized carbons (Fsp3) is 0.300. The van der Waals surface area contributed by atoms with Crippen LogP contribution in [0.25, 0.3) is 0 Å². The first kappa shape index (κ1) is 11.2. The second kappa shape index (κ2) is 4.99. The first-order valence-corrected chi connectivity index (χ1v) is 4.19. The van der Waals surface area contributed by atoms with Crippen molar-refractivity contribution in [1.82, 2.24) is 0 Å². The number of hydrogen-bond acceptors (Lipinski definition) is 2. The van der Waals surface area contributed by atoms with Gasteiger partial charge in [0.15, 0.2) is 0 Å². The van der Waals surface area contributed by atoms with E-state index in [2.05, 4.69) is 30.8 Å². The molecular weight excluding hydrogens is 166 g/mol. The van der Waals surface area contributed by atoms with E-state index in [0.29, 0.717) is 0 Å². The van der Waals surface area contributed by atoms with Crippen molar-refractivity contribution in [3.05, 3.63) is 34.9 Å². The van der Waals surface area contributed by atoms with Crippen LogP contribution in [0.3, 0.4) is 0 Å². The Bertz CT molecular complexity index is 259. The Balaban J connectivity index is 5.07. The van der Waals surface area contributed by atoms with Crippen molar-refractivity contribution in [3.63, 3.8) is 0 Å². The Hall–Kier alpha value is -0.760. The van der Waals surface area contributed by atoms with Crippen LogP contribution >= 0.6 is 12.6 Å². The Morgan fingerprint density at radius 1 is 1.25 bits per heavy atom. The quantitative estimate of drug-likeness (QED) is 0.389. The third-order valence-electron chi connectivity index (χ3n) is 1.29. The van der Waals surface area contributed by atoms with Crippen LogP contribution in [0.15, 0.2) is 39.9 Å². The average molecular weight is 181 g/mol. The Morgan fingerprint density at radius 2 is 1.75 bits per heavy atom. The van der Waals surface area contributed by atoms with Crippen LogP contribution in [0.5, 0.6) is 0 Å². The van der Waals surface area contributed by atoms with Crippen molar-refractivity contribution in [2.45, 2.75) is 20.8 Å². The third kappa shape index (κ3) is 3.09. The van der Waals surface area contributed by atoms with E-state index in [9.17, 15) is 0 Å². The third-order valence-corrected chi connectivity index (χ3v) is 1.88. The second-order valence-corrected chi connectivity index (χ2v) is 3.09.